The summed E-state index contributed by atoms with van der Waals surface area (Å²) >= 11 is 0. The molecule has 29 heavy (non-hydrogen) atoms. The van der Waals surface area contributed by atoms with E-state index in [2.05, 4.69) is 15.3 Å². The van der Waals surface area contributed by atoms with E-state index in [-0.39, 0.29) is 17.4 Å². The molecule has 0 saturated heterocycles. The Morgan fingerprint density at radius 1 is 1.07 bits per heavy atom. The lowest BCUT2D eigenvalue weighted by Gasteiger charge is -2.15. The molecule has 0 saturated carbocycles. The standard InChI is InChI=1S/C20H18F3N3O3/c1-28-8-9-29-17-7-6-13(10-25-17)11-26-19(27)15-12-24-16-5-3-2-4-14(16)18(15)20(21,22)23/h2-7,10,12H,8-9,11H2,1H3,(H,26,27). The predicted octanol–water partition coefficient (Wildman–Crippen LogP) is 3.60. The number of amides is 1. The maximum absolute atomic E-state index is 13.6. The zero-order chi connectivity index (χ0) is 20.9. The lowest BCUT2D eigenvalue weighted by molar-refractivity contribution is -0.136. The van der Waals surface area contributed by atoms with Crippen LogP contribution in [0.15, 0.2) is 48.8 Å². The third kappa shape index (κ3) is 5.00. The van der Waals surface area contributed by atoms with E-state index in [9.17, 15) is 18.0 Å². The fourth-order valence-electron chi connectivity index (χ4n) is 2.73. The van der Waals surface area contributed by atoms with Crippen molar-refractivity contribution in [3.05, 3.63) is 65.5 Å². The van der Waals surface area contributed by atoms with Gasteiger partial charge in [0, 0.05) is 37.5 Å². The third-order valence-electron chi connectivity index (χ3n) is 4.09. The maximum atomic E-state index is 13.6. The Labute approximate surface area is 164 Å². The number of halogens is 3. The molecule has 0 bridgehead atoms. The van der Waals surface area contributed by atoms with Crippen LogP contribution in [0.4, 0.5) is 13.2 Å². The number of alkyl halides is 3. The average Bonchev–Trinajstić information content (AvgIpc) is 2.71. The van der Waals surface area contributed by atoms with Gasteiger partial charge in [0.05, 0.1) is 23.3 Å². The van der Waals surface area contributed by atoms with Gasteiger partial charge in [-0.15, -0.1) is 0 Å². The monoisotopic (exact) mass is 405 g/mol. The maximum Gasteiger partial charge on any atom is 0.417 e. The van der Waals surface area contributed by atoms with Crippen molar-refractivity contribution in [2.75, 3.05) is 20.3 Å². The number of pyridine rings is 2. The lowest BCUT2D eigenvalue weighted by Crippen LogP contribution is -2.26. The quantitative estimate of drug-likeness (QED) is 0.608. The summed E-state index contributed by atoms with van der Waals surface area (Å²) in [5.41, 5.74) is -0.742. The van der Waals surface area contributed by atoms with Gasteiger partial charge in [0.15, 0.2) is 0 Å². The molecule has 3 aromatic rings. The Bertz CT molecular complexity index is 992. The van der Waals surface area contributed by atoms with Gasteiger partial charge in [-0.3, -0.25) is 9.78 Å². The third-order valence-corrected chi connectivity index (χ3v) is 4.09. The van der Waals surface area contributed by atoms with Crippen LogP contribution in [0.25, 0.3) is 10.9 Å². The van der Waals surface area contributed by atoms with E-state index >= 15 is 0 Å². The van der Waals surface area contributed by atoms with Crippen LogP contribution in [0.1, 0.15) is 21.5 Å². The Kier molecular flexibility index (Phi) is 6.28. The van der Waals surface area contributed by atoms with Crippen LogP contribution in [0.5, 0.6) is 5.88 Å². The summed E-state index contributed by atoms with van der Waals surface area (Å²) in [5, 5.41) is 2.37. The molecule has 152 valence electrons. The Hall–Kier alpha value is -3.20. The van der Waals surface area contributed by atoms with Crippen LogP contribution in [0.3, 0.4) is 0 Å². The number of hydrogen-bond donors (Lipinski definition) is 1. The molecule has 6 nitrogen and oxygen atoms in total. The largest absolute Gasteiger partial charge is 0.475 e. The first-order valence-electron chi connectivity index (χ1n) is 8.70. The minimum atomic E-state index is -4.70. The number of carbonyl (C=O) groups is 1. The number of methoxy groups -OCH3 is 1. The molecule has 9 heteroatoms. The first-order chi connectivity index (χ1) is 13.9. The Balaban J connectivity index is 1.75. The molecule has 0 atom stereocenters. The van der Waals surface area contributed by atoms with Crippen LogP contribution < -0.4 is 10.1 Å². The second-order valence-electron chi connectivity index (χ2n) is 6.09. The molecular formula is C20H18F3N3O3. The first-order valence-corrected chi connectivity index (χ1v) is 8.70. The molecule has 0 radical (unpaired) electrons. The molecule has 2 aromatic heterocycles. The summed E-state index contributed by atoms with van der Waals surface area (Å²) in [6.45, 7) is 0.768. The molecule has 1 amide bonds. The zero-order valence-electron chi connectivity index (χ0n) is 15.5. The van der Waals surface area contributed by atoms with Crippen molar-refractivity contribution in [3.63, 3.8) is 0 Å². The van der Waals surface area contributed by atoms with Crippen molar-refractivity contribution in [2.24, 2.45) is 0 Å². The molecule has 3 rings (SSSR count). The van der Waals surface area contributed by atoms with E-state index in [1.54, 1.807) is 25.3 Å². The zero-order valence-corrected chi connectivity index (χ0v) is 15.5. The summed E-state index contributed by atoms with van der Waals surface area (Å²) in [5.74, 6) is -0.480. The minimum Gasteiger partial charge on any atom is -0.475 e. The first kappa shape index (κ1) is 20.5. The van der Waals surface area contributed by atoms with E-state index in [1.807, 2.05) is 0 Å². The van der Waals surface area contributed by atoms with E-state index in [4.69, 9.17) is 9.47 Å². The smallest absolute Gasteiger partial charge is 0.417 e. The number of ether oxygens (including phenoxy) is 2. The predicted molar refractivity (Wildman–Crippen MR) is 99.5 cm³/mol. The highest BCUT2D eigenvalue weighted by Gasteiger charge is 2.37. The van der Waals surface area contributed by atoms with Crippen LogP contribution >= 0.6 is 0 Å². The number of hydrogen-bond acceptors (Lipinski definition) is 5. The van der Waals surface area contributed by atoms with Gasteiger partial charge in [0.2, 0.25) is 5.88 Å². The highest BCUT2D eigenvalue weighted by molar-refractivity contribution is 6.00. The lowest BCUT2D eigenvalue weighted by atomic mass is 10.0. The second-order valence-corrected chi connectivity index (χ2v) is 6.09. The van der Waals surface area contributed by atoms with Gasteiger partial charge in [0.25, 0.3) is 5.91 Å². The number of rotatable bonds is 7. The number of para-hydroxylation sites is 1. The Morgan fingerprint density at radius 2 is 1.86 bits per heavy atom. The van der Waals surface area contributed by atoms with Crippen molar-refractivity contribution in [2.45, 2.75) is 12.7 Å². The number of fused-ring (bicyclic) bond motifs is 1. The summed E-state index contributed by atoms with van der Waals surface area (Å²) in [6, 6.07) is 9.10. The topological polar surface area (TPSA) is 73.3 Å². The number of carbonyl (C=O) groups excluding carboxylic acids is 1. The van der Waals surface area contributed by atoms with Gasteiger partial charge < -0.3 is 14.8 Å². The van der Waals surface area contributed by atoms with Gasteiger partial charge in [-0.2, -0.15) is 13.2 Å². The number of aromatic nitrogens is 2. The summed E-state index contributed by atoms with van der Waals surface area (Å²) in [6.07, 6.45) is -2.27. The molecule has 0 unspecified atom stereocenters. The van der Waals surface area contributed by atoms with Crippen molar-refractivity contribution in [1.82, 2.24) is 15.3 Å². The van der Waals surface area contributed by atoms with Gasteiger partial charge in [-0.05, 0) is 11.6 Å². The second kappa shape index (κ2) is 8.87. The summed E-state index contributed by atoms with van der Waals surface area (Å²) in [4.78, 5) is 20.5. The van der Waals surface area contributed by atoms with Crippen molar-refractivity contribution < 1.29 is 27.4 Å². The highest BCUT2D eigenvalue weighted by atomic mass is 19.4. The summed E-state index contributed by atoms with van der Waals surface area (Å²) < 4.78 is 51.1. The van der Waals surface area contributed by atoms with E-state index < -0.39 is 23.2 Å². The van der Waals surface area contributed by atoms with Crippen LogP contribution in [0.2, 0.25) is 0 Å². The van der Waals surface area contributed by atoms with Crippen LogP contribution in [0, 0.1) is 0 Å². The SMILES string of the molecule is COCCOc1ccc(CNC(=O)c2cnc3ccccc3c2C(F)(F)F)cn1. The minimum absolute atomic E-state index is 0.00824. The number of nitrogens with zero attached hydrogens (tertiary/aromatic N) is 2. The van der Waals surface area contributed by atoms with Gasteiger partial charge in [0.1, 0.15) is 6.61 Å². The molecule has 0 aliphatic carbocycles. The van der Waals surface area contributed by atoms with Crippen molar-refractivity contribution >= 4 is 16.8 Å². The van der Waals surface area contributed by atoms with Crippen LogP contribution in [-0.2, 0) is 17.5 Å². The molecule has 0 aliphatic heterocycles. The average molecular weight is 405 g/mol. The molecule has 1 N–H and O–H groups in total. The van der Waals surface area contributed by atoms with E-state index in [0.717, 1.165) is 6.20 Å². The molecule has 0 aliphatic rings. The molecule has 2 heterocycles. The van der Waals surface area contributed by atoms with Gasteiger partial charge in [-0.1, -0.05) is 24.3 Å². The summed E-state index contributed by atoms with van der Waals surface area (Å²) in [7, 11) is 1.55. The molecule has 1 aromatic carbocycles. The Morgan fingerprint density at radius 3 is 2.55 bits per heavy atom. The van der Waals surface area contributed by atoms with Gasteiger partial charge >= 0.3 is 6.18 Å². The van der Waals surface area contributed by atoms with Gasteiger partial charge in [-0.25, -0.2) is 4.98 Å². The van der Waals surface area contributed by atoms with E-state index in [1.165, 1.54) is 24.4 Å². The molecule has 0 fully saturated rings. The van der Waals surface area contributed by atoms with Crippen molar-refractivity contribution in [1.29, 1.82) is 0 Å². The van der Waals surface area contributed by atoms with E-state index in [0.29, 0.717) is 24.7 Å². The molecular weight excluding hydrogens is 387 g/mol. The molecule has 0 spiro atoms. The highest BCUT2D eigenvalue weighted by Crippen LogP contribution is 2.36. The fraction of sp³-hybridized carbons (Fsp3) is 0.250. The van der Waals surface area contributed by atoms with Crippen molar-refractivity contribution in [3.8, 4) is 5.88 Å². The van der Waals surface area contributed by atoms with Crippen LogP contribution in [-0.4, -0.2) is 36.2 Å². The normalized spacial score (nSPS) is 11.4. The number of benzene rings is 1. The fourth-order valence-corrected chi connectivity index (χ4v) is 2.73. The number of nitrogens with one attached hydrogen (secondary N) is 1.